The second-order valence-electron chi connectivity index (χ2n) is 7.13. The molecule has 1 atom stereocenters. The van der Waals surface area contributed by atoms with Crippen LogP contribution in [0.2, 0.25) is 0 Å². The fourth-order valence-electron chi connectivity index (χ4n) is 2.34. The largest absolute Gasteiger partial charge is 0.444 e. The highest BCUT2D eigenvalue weighted by atomic mass is 16.7. The molecular formula is C21H26N2O4. The zero-order valence-corrected chi connectivity index (χ0v) is 15.9. The number of carbonyl (C=O) groups is 2. The molecule has 2 amide bonds. The van der Waals surface area contributed by atoms with Crippen molar-refractivity contribution in [3.8, 4) is 0 Å². The summed E-state index contributed by atoms with van der Waals surface area (Å²) in [5, 5.41) is 2.62. The number of hydrogen-bond donors (Lipinski definition) is 2. The van der Waals surface area contributed by atoms with Crippen molar-refractivity contribution >= 4 is 12.0 Å². The predicted molar refractivity (Wildman–Crippen MR) is 103 cm³/mol. The third-order valence-corrected chi connectivity index (χ3v) is 3.54. The summed E-state index contributed by atoms with van der Waals surface area (Å²) in [6.45, 7) is 5.53. The normalized spacial score (nSPS) is 12.1. The monoisotopic (exact) mass is 370 g/mol. The molecule has 0 spiro atoms. The number of benzene rings is 2. The highest BCUT2D eigenvalue weighted by Gasteiger charge is 2.25. The van der Waals surface area contributed by atoms with Crippen LogP contribution in [-0.4, -0.2) is 23.6 Å². The van der Waals surface area contributed by atoms with Gasteiger partial charge in [-0.2, -0.15) is 0 Å². The Hall–Kier alpha value is -2.86. The summed E-state index contributed by atoms with van der Waals surface area (Å²) in [5.41, 5.74) is 3.60. The molecular weight excluding hydrogens is 344 g/mol. The maximum atomic E-state index is 12.5. The van der Waals surface area contributed by atoms with Crippen LogP contribution in [0.15, 0.2) is 60.7 Å². The minimum atomic E-state index is -0.821. The summed E-state index contributed by atoms with van der Waals surface area (Å²) in [6.07, 6.45) is -0.331. The Balaban J connectivity index is 1.96. The minimum absolute atomic E-state index is 0.233. The van der Waals surface area contributed by atoms with Crippen LogP contribution in [0.4, 0.5) is 4.79 Å². The summed E-state index contributed by atoms with van der Waals surface area (Å²) < 4.78 is 5.26. The van der Waals surface area contributed by atoms with E-state index in [-0.39, 0.29) is 6.61 Å². The third kappa shape index (κ3) is 7.92. The predicted octanol–water partition coefficient (Wildman–Crippen LogP) is 3.37. The van der Waals surface area contributed by atoms with Crippen LogP contribution in [-0.2, 0) is 27.4 Å². The maximum Gasteiger partial charge on any atom is 0.408 e. The van der Waals surface area contributed by atoms with Crippen molar-refractivity contribution in [1.29, 1.82) is 0 Å². The molecule has 0 saturated heterocycles. The molecule has 144 valence electrons. The SMILES string of the molecule is CC(C)(C)OC(=O)N[C@@H](Cc1ccccc1)C(=O)NOCc1ccccc1. The molecule has 0 aliphatic carbocycles. The Morgan fingerprint density at radius 1 is 0.926 bits per heavy atom. The second-order valence-corrected chi connectivity index (χ2v) is 7.13. The summed E-state index contributed by atoms with van der Waals surface area (Å²) >= 11 is 0. The molecule has 6 nitrogen and oxygen atoms in total. The second kappa shape index (κ2) is 9.73. The molecule has 27 heavy (non-hydrogen) atoms. The summed E-state index contributed by atoms with van der Waals surface area (Å²) in [5.74, 6) is -0.444. The van der Waals surface area contributed by atoms with E-state index in [9.17, 15) is 9.59 Å². The Morgan fingerprint density at radius 2 is 1.48 bits per heavy atom. The lowest BCUT2D eigenvalue weighted by molar-refractivity contribution is -0.136. The Bertz CT molecular complexity index is 727. The number of nitrogens with one attached hydrogen (secondary N) is 2. The lowest BCUT2D eigenvalue weighted by Crippen LogP contribution is -2.49. The van der Waals surface area contributed by atoms with Crippen LogP contribution in [0, 0.1) is 0 Å². The average Bonchev–Trinajstić information content (AvgIpc) is 2.61. The van der Waals surface area contributed by atoms with E-state index in [4.69, 9.17) is 9.57 Å². The van der Waals surface area contributed by atoms with Crippen LogP contribution in [0.25, 0.3) is 0 Å². The van der Waals surface area contributed by atoms with Crippen LogP contribution in [0.5, 0.6) is 0 Å². The molecule has 0 unspecified atom stereocenters. The van der Waals surface area contributed by atoms with E-state index in [0.29, 0.717) is 6.42 Å². The zero-order valence-electron chi connectivity index (χ0n) is 15.9. The number of alkyl carbamates (subject to hydrolysis) is 1. The zero-order chi connectivity index (χ0) is 19.7. The molecule has 0 heterocycles. The molecule has 0 aromatic heterocycles. The molecule has 0 aliphatic rings. The van der Waals surface area contributed by atoms with E-state index in [1.165, 1.54) is 0 Å². The minimum Gasteiger partial charge on any atom is -0.444 e. The molecule has 6 heteroatoms. The molecule has 2 N–H and O–H groups in total. The van der Waals surface area contributed by atoms with Gasteiger partial charge in [-0.25, -0.2) is 10.3 Å². The first-order valence-corrected chi connectivity index (χ1v) is 8.82. The van der Waals surface area contributed by atoms with E-state index >= 15 is 0 Å². The van der Waals surface area contributed by atoms with Gasteiger partial charge in [-0.05, 0) is 31.9 Å². The van der Waals surface area contributed by atoms with Crippen LogP contribution >= 0.6 is 0 Å². The number of ether oxygens (including phenoxy) is 1. The van der Waals surface area contributed by atoms with Gasteiger partial charge in [-0.3, -0.25) is 9.63 Å². The van der Waals surface area contributed by atoms with Crippen molar-refractivity contribution in [2.45, 2.75) is 45.4 Å². The van der Waals surface area contributed by atoms with Crippen molar-refractivity contribution in [3.63, 3.8) is 0 Å². The van der Waals surface area contributed by atoms with Gasteiger partial charge < -0.3 is 10.1 Å². The molecule has 0 saturated carbocycles. The number of carbonyl (C=O) groups excluding carboxylic acids is 2. The highest BCUT2D eigenvalue weighted by Crippen LogP contribution is 2.09. The first kappa shape index (κ1) is 20.5. The number of hydrogen-bond acceptors (Lipinski definition) is 4. The van der Waals surface area contributed by atoms with E-state index in [1.807, 2.05) is 60.7 Å². The first-order chi connectivity index (χ1) is 12.8. The van der Waals surface area contributed by atoms with Gasteiger partial charge in [0.1, 0.15) is 11.6 Å². The molecule has 0 radical (unpaired) electrons. The lowest BCUT2D eigenvalue weighted by atomic mass is 10.1. The number of amides is 2. The Labute approximate surface area is 159 Å². The average molecular weight is 370 g/mol. The fraction of sp³-hybridized carbons (Fsp3) is 0.333. The molecule has 0 bridgehead atoms. The van der Waals surface area contributed by atoms with Gasteiger partial charge in [-0.15, -0.1) is 0 Å². The lowest BCUT2D eigenvalue weighted by Gasteiger charge is -2.23. The quantitative estimate of drug-likeness (QED) is 0.733. The highest BCUT2D eigenvalue weighted by molar-refractivity contribution is 5.85. The van der Waals surface area contributed by atoms with Crippen molar-refractivity contribution in [2.75, 3.05) is 0 Å². The molecule has 2 aromatic carbocycles. The van der Waals surface area contributed by atoms with Crippen LogP contribution < -0.4 is 10.8 Å². The molecule has 0 aliphatic heterocycles. The van der Waals surface area contributed by atoms with E-state index in [2.05, 4.69) is 10.8 Å². The number of hydroxylamine groups is 1. The van der Waals surface area contributed by atoms with Gasteiger partial charge in [0.25, 0.3) is 5.91 Å². The Morgan fingerprint density at radius 3 is 2.04 bits per heavy atom. The van der Waals surface area contributed by atoms with Gasteiger partial charge in [0.15, 0.2) is 0 Å². The number of rotatable bonds is 7. The molecule has 2 rings (SSSR count). The van der Waals surface area contributed by atoms with Crippen LogP contribution in [0.1, 0.15) is 31.9 Å². The van der Waals surface area contributed by atoms with Crippen LogP contribution in [0.3, 0.4) is 0 Å². The van der Waals surface area contributed by atoms with Gasteiger partial charge >= 0.3 is 6.09 Å². The maximum absolute atomic E-state index is 12.5. The van der Waals surface area contributed by atoms with Crippen molar-refractivity contribution in [2.24, 2.45) is 0 Å². The topological polar surface area (TPSA) is 76.7 Å². The molecule has 2 aromatic rings. The fourth-order valence-corrected chi connectivity index (χ4v) is 2.34. The van der Waals surface area contributed by atoms with Gasteiger partial charge in [0.05, 0.1) is 6.61 Å². The third-order valence-electron chi connectivity index (χ3n) is 3.54. The van der Waals surface area contributed by atoms with Gasteiger partial charge in [0.2, 0.25) is 0 Å². The summed E-state index contributed by atoms with van der Waals surface area (Å²) in [6, 6.07) is 18.1. The summed E-state index contributed by atoms with van der Waals surface area (Å²) in [7, 11) is 0. The first-order valence-electron chi connectivity index (χ1n) is 8.82. The van der Waals surface area contributed by atoms with E-state index in [1.54, 1.807) is 20.8 Å². The van der Waals surface area contributed by atoms with Crippen molar-refractivity contribution in [1.82, 2.24) is 10.8 Å². The van der Waals surface area contributed by atoms with E-state index in [0.717, 1.165) is 11.1 Å². The molecule has 0 fully saturated rings. The Kier molecular flexibility index (Phi) is 7.37. The van der Waals surface area contributed by atoms with Gasteiger partial charge in [-0.1, -0.05) is 60.7 Å². The van der Waals surface area contributed by atoms with Crippen molar-refractivity contribution < 1.29 is 19.2 Å². The van der Waals surface area contributed by atoms with E-state index < -0.39 is 23.6 Å². The van der Waals surface area contributed by atoms with Gasteiger partial charge in [0, 0.05) is 6.42 Å². The summed E-state index contributed by atoms with van der Waals surface area (Å²) in [4.78, 5) is 29.9. The standard InChI is InChI=1S/C21H26N2O4/c1-21(2,3)27-20(25)22-18(14-16-10-6-4-7-11-16)19(24)23-26-15-17-12-8-5-9-13-17/h4-13,18H,14-15H2,1-3H3,(H,22,25)(H,23,24)/t18-/m0/s1. The van der Waals surface area contributed by atoms with Crippen molar-refractivity contribution in [3.05, 3.63) is 71.8 Å². The smallest absolute Gasteiger partial charge is 0.408 e.